The molecule has 11 heteroatoms. The standard InChI is InChI=1S/C25H25NO10/c1-13-14(2)36-22(26-13)20(21(28)15-10-8-7-9-11-15)19(25(31)35-6)18(24(30)34-5)16(23(29)33-4)12-17(27)32-3/h7-12,28H,1-6H3/p-1/b16-12-,19-18-,21-20-. The van der Waals surface area contributed by atoms with E-state index in [-0.39, 0.29) is 11.5 Å². The molecule has 36 heavy (non-hydrogen) atoms. The van der Waals surface area contributed by atoms with Gasteiger partial charge in [0.15, 0.2) is 0 Å². The Balaban J connectivity index is 3.20. The highest BCUT2D eigenvalue weighted by Gasteiger charge is 2.35. The third-order valence-electron chi connectivity index (χ3n) is 4.92. The number of ether oxygens (including phenoxy) is 4. The fraction of sp³-hybridized carbons (Fsp3) is 0.240. The molecule has 0 aliphatic heterocycles. The Bertz CT molecular complexity index is 1250. The summed E-state index contributed by atoms with van der Waals surface area (Å²) in [4.78, 5) is 55.1. The number of nitrogens with zero attached hydrogens (tertiary/aromatic N) is 1. The third-order valence-corrected chi connectivity index (χ3v) is 4.92. The lowest BCUT2D eigenvalue weighted by Crippen LogP contribution is -2.24. The molecule has 0 bridgehead atoms. The van der Waals surface area contributed by atoms with Gasteiger partial charge < -0.3 is 28.5 Å². The van der Waals surface area contributed by atoms with E-state index in [2.05, 4.69) is 9.72 Å². The summed E-state index contributed by atoms with van der Waals surface area (Å²) in [6, 6.07) is 7.75. The minimum atomic E-state index is -1.26. The Kier molecular flexibility index (Phi) is 9.31. The van der Waals surface area contributed by atoms with Crippen LogP contribution in [0.3, 0.4) is 0 Å². The predicted octanol–water partition coefficient (Wildman–Crippen LogP) is 1.44. The summed E-state index contributed by atoms with van der Waals surface area (Å²) in [5, 5.41) is 13.7. The molecule has 0 spiro atoms. The van der Waals surface area contributed by atoms with E-state index in [9.17, 15) is 24.3 Å². The van der Waals surface area contributed by atoms with Crippen molar-refractivity contribution < 1.29 is 47.6 Å². The number of methoxy groups -OCH3 is 4. The van der Waals surface area contributed by atoms with Crippen molar-refractivity contribution in [3.05, 3.63) is 76.0 Å². The minimum Gasteiger partial charge on any atom is -0.872 e. The zero-order valence-electron chi connectivity index (χ0n) is 20.5. The van der Waals surface area contributed by atoms with Crippen LogP contribution < -0.4 is 5.11 Å². The van der Waals surface area contributed by atoms with Crippen LogP contribution in [-0.2, 0) is 38.1 Å². The lowest BCUT2D eigenvalue weighted by molar-refractivity contribution is -0.243. The highest BCUT2D eigenvalue weighted by atomic mass is 16.5. The highest BCUT2D eigenvalue weighted by Crippen LogP contribution is 2.35. The molecule has 0 aliphatic carbocycles. The molecule has 1 aromatic heterocycles. The SMILES string of the molecule is COC(=O)/C=C(C(=O)OC)/C(C(=O)OC)=C(C(=O)OC)\C(=C(\[O-])c1ccccc1)c1nc(C)c(C)o1. The molecule has 0 atom stereocenters. The first-order chi connectivity index (χ1) is 17.1. The summed E-state index contributed by atoms with van der Waals surface area (Å²) < 4.78 is 24.6. The highest BCUT2D eigenvalue weighted by molar-refractivity contribution is 6.21. The van der Waals surface area contributed by atoms with Crippen molar-refractivity contribution in [3.8, 4) is 0 Å². The Labute approximate surface area is 206 Å². The average Bonchev–Trinajstić information content (AvgIpc) is 3.23. The topological polar surface area (TPSA) is 154 Å². The quantitative estimate of drug-likeness (QED) is 0.171. The number of oxazole rings is 1. The van der Waals surface area contributed by atoms with Crippen LogP contribution in [0, 0.1) is 13.8 Å². The van der Waals surface area contributed by atoms with Gasteiger partial charge >= 0.3 is 23.9 Å². The summed E-state index contributed by atoms with van der Waals surface area (Å²) >= 11 is 0. The number of benzene rings is 1. The molecule has 190 valence electrons. The van der Waals surface area contributed by atoms with E-state index in [1.165, 1.54) is 12.1 Å². The second-order valence-electron chi connectivity index (χ2n) is 7.04. The van der Waals surface area contributed by atoms with Crippen LogP contribution in [0.2, 0.25) is 0 Å². The Hall–Kier alpha value is -4.67. The summed E-state index contributed by atoms with van der Waals surface area (Å²) in [6.07, 6.45) is 0.623. The first-order valence-electron chi connectivity index (χ1n) is 10.3. The molecule has 0 saturated carbocycles. The van der Waals surface area contributed by atoms with Crippen molar-refractivity contribution in [1.29, 1.82) is 0 Å². The van der Waals surface area contributed by atoms with Gasteiger partial charge in [-0.2, -0.15) is 0 Å². The van der Waals surface area contributed by atoms with E-state index < -0.39 is 51.9 Å². The van der Waals surface area contributed by atoms with Gasteiger partial charge in [-0.3, -0.25) is 0 Å². The monoisotopic (exact) mass is 498 g/mol. The second-order valence-corrected chi connectivity index (χ2v) is 7.04. The predicted molar refractivity (Wildman–Crippen MR) is 122 cm³/mol. The smallest absolute Gasteiger partial charge is 0.339 e. The summed E-state index contributed by atoms with van der Waals surface area (Å²) in [6.45, 7) is 3.18. The Morgan fingerprint density at radius 2 is 1.39 bits per heavy atom. The van der Waals surface area contributed by atoms with Crippen LogP contribution in [0.1, 0.15) is 22.9 Å². The summed E-state index contributed by atoms with van der Waals surface area (Å²) in [5.74, 6) is -5.53. The molecule has 2 aromatic rings. The van der Waals surface area contributed by atoms with Crippen LogP contribution in [0.25, 0.3) is 11.3 Å². The van der Waals surface area contributed by atoms with Crippen LogP contribution in [0.15, 0.2) is 57.5 Å². The van der Waals surface area contributed by atoms with E-state index in [4.69, 9.17) is 18.6 Å². The van der Waals surface area contributed by atoms with E-state index in [0.717, 1.165) is 28.4 Å². The fourth-order valence-electron chi connectivity index (χ4n) is 3.03. The van der Waals surface area contributed by atoms with Gasteiger partial charge in [0.05, 0.1) is 50.9 Å². The van der Waals surface area contributed by atoms with Gasteiger partial charge in [-0.1, -0.05) is 36.1 Å². The zero-order chi connectivity index (χ0) is 27.0. The molecule has 0 saturated heterocycles. The Morgan fingerprint density at radius 3 is 1.86 bits per heavy atom. The molecule has 11 nitrogen and oxygen atoms in total. The largest absolute Gasteiger partial charge is 0.872 e. The molecule has 1 heterocycles. The van der Waals surface area contributed by atoms with Crippen LogP contribution in [0.4, 0.5) is 0 Å². The van der Waals surface area contributed by atoms with E-state index in [1.807, 2.05) is 0 Å². The van der Waals surface area contributed by atoms with Gasteiger partial charge in [0, 0.05) is 11.6 Å². The van der Waals surface area contributed by atoms with Crippen LogP contribution in [-0.4, -0.2) is 57.3 Å². The molecular weight excluding hydrogens is 474 g/mol. The normalized spacial score (nSPS) is 12.7. The lowest BCUT2D eigenvalue weighted by Gasteiger charge is -2.21. The summed E-state index contributed by atoms with van der Waals surface area (Å²) in [7, 11) is 3.99. The van der Waals surface area contributed by atoms with Crippen molar-refractivity contribution in [2.45, 2.75) is 13.8 Å². The zero-order valence-corrected chi connectivity index (χ0v) is 20.5. The number of aromatic nitrogens is 1. The van der Waals surface area contributed by atoms with Gasteiger partial charge in [-0.05, 0) is 19.4 Å². The molecular formula is C25H24NO10-. The minimum absolute atomic E-state index is 0.100. The maximum Gasteiger partial charge on any atom is 0.339 e. The van der Waals surface area contributed by atoms with Crippen molar-refractivity contribution in [3.63, 3.8) is 0 Å². The number of hydrogen-bond donors (Lipinski definition) is 0. The Morgan fingerprint density at radius 1 is 0.833 bits per heavy atom. The van der Waals surface area contributed by atoms with E-state index in [1.54, 1.807) is 32.0 Å². The van der Waals surface area contributed by atoms with Crippen LogP contribution >= 0.6 is 0 Å². The molecule has 0 fully saturated rings. The number of rotatable bonds is 8. The molecule has 0 radical (unpaired) electrons. The van der Waals surface area contributed by atoms with E-state index >= 15 is 0 Å². The molecule has 0 aliphatic rings. The van der Waals surface area contributed by atoms with Gasteiger partial charge in [0.25, 0.3) is 0 Å². The van der Waals surface area contributed by atoms with Crippen molar-refractivity contribution in [2.24, 2.45) is 0 Å². The van der Waals surface area contributed by atoms with Crippen LogP contribution in [0.5, 0.6) is 0 Å². The average molecular weight is 498 g/mol. The number of carbonyl (C=O) groups excluding carboxylic acids is 4. The van der Waals surface area contributed by atoms with Crippen molar-refractivity contribution >= 4 is 35.2 Å². The van der Waals surface area contributed by atoms with Crippen molar-refractivity contribution in [2.75, 3.05) is 28.4 Å². The number of aryl methyl sites for hydroxylation is 2. The lowest BCUT2D eigenvalue weighted by atomic mass is 9.91. The molecule has 0 amide bonds. The first-order valence-corrected chi connectivity index (χ1v) is 10.3. The van der Waals surface area contributed by atoms with Gasteiger partial charge in [-0.15, -0.1) is 0 Å². The second kappa shape index (κ2) is 12.2. The third kappa shape index (κ3) is 5.87. The molecule has 0 N–H and O–H groups in total. The number of carbonyl (C=O) groups is 4. The first kappa shape index (κ1) is 27.6. The molecule has 1 aromatic carbocycles. The number of hydrogen-bond acceptors (Lipinski definition) is 11. The maximum atomic E-state index is 13.7. The molecule has 0 unspecified atom stereocenters. The van der Waals surface area contributed by atoms with Gasteiger partial charge in [0.1, 0.15) is 5.76 Å². The summed E-state index contributed by atoms with van der Waals surface area (Å²) in [5.41, 5.74) is -2.28. The molecule has 2 rings (SSSR count). The fourth-order valence-corrected chi connectivity index (χ4v) is 3.03. The van der Waals surface area contributed by atoms with Gasteiger partial charge in [-0.25, -0.2) is 24.2 Å². The number of esters is 4. The van der Waals surface area contributed by atoms with Gasteiger partial charge in [0.2, 0.25) is 5.89 Å². The van der Waals surface area contributed by atoms with E-state index in [0.29, 0.717) is 17.5 Å². The maximum absolute atomic E-state index is 13.7. The van der Waals surface area contributed by atoms with Crippen molar-refractivity contribution in [1.82, 2.24) is 4.98 Å².